The van der Waals surface area contributed by atoms with E-state index in [-0.39, 0.29) is 29.0 Å². The molecular weight excluding hydrogens is 350 g/mol. The van der Waals surface area contributed by atoms with Crippen LogP contribution in [0.15, 0.2) is 17.1 Å². The maximum Gasteiger partial charge on any atom is 0.351 e. The summed E-state index contributed by atoms with van der Waals surface area (Å²) in [7, 11) is -2.04. The van der Waals surface area contributed by atoms with Crippen molar-refractivity contribution in [3.8, 4) is 0 Å². The Hall–Kier alpha value is -1.22. The maximum atomic E-state index is 12.3. The summed E-state index contributed by atoms with van der Waals surface area (Å²) in [5, 5.41) is 0.0717. The fraction of sp³-hybridized carbons (Fsp3) is 0.778. The molecule has 0 aliphatic carbocycles. The third-order valence-corrected chi connectivity index (χ3v) is 10.7. The van der Waals surface area contributed by atoms with Crippen LogP contribution in [0.4, 0.5) is 5.82 Å². The van der Waals surface area contributed by atoms with E-state index < -0.39 is 25.8 Å². The molecule has 3 heterocycles. The van der Waals surface area contributed by atoms with E-state index in [0.717, 1.165) is 0 Å². The molecule has 0 aromatic carbocycles. The molecule has 7 nitrogen and oxygen atoms in total. The predicted octanol–water partition coefficient (Wildman–Crippen LogP) is 2.54. The molecule has 0 unspecified atom stereocenters. The Morgan fingerprint density at radius 2 is 2.08 bits per heavy atom. The first kappa shape index (κ1) is 19.5. The van der Waals surface area contributed by atoms with E-state index in [1.165, 1.54) is 4.57 Å². The van der Waals surface area contributed by atoms with Gasteiger partial charge in [-0.15, -0.1) is 0 Å². The van der Waals surface area contributed by atoms with E-state index in [0.29, 0.717) is 6.61 Å². The lowest BCUT2D eigenvalue weighted by atomic mass is 9.87. The van der Waals surface area contributed by atoms with Crippen LogP contribution in [0.3, 0.4) is 0 Å². The van der Waals surface area contributed by atoms with Gasteiger partial charge in [-0.3, -0.25) is 4.57 Å². The fourth-order valence-corrected chi connectivity index (χ4v) is 4.75. The fourth-order valence-electron chi connectivity index (χ4n) is 3.43. The SMILES string of the molecule is CC(C)[C@@]12CO[C@@H]([C@H](n3ccc(N)nc3=O)O1)[C@@H]2O[Si](C)(C)C(C)(C)C. The lowest BCUT2D eigenvalue weighted by Gasteiger charge is -2.42. The van der Waals surface area contributed by atoms with Gasteiger partial charge in [0, 0.05) is 6.20 Å². The third-order valence-electron chi connectivity index (χ3n) is 6.23. The summed E-state index contributed by atoms with van der Waals surface area (Å²) in [6.07, 6.45) is 0.519. The number of fused-ring (bicyclic) bond motifs is 2. The molecule has 8 heteroatoms. The van der Waals surface area contributed by atoms with Gasteiger partial charge in [0.15, 0.2) is 14.5 Å². The number of nitrogens with two attached hydrogens (primary N) is 1. The van der Waals surface area contributed by atoms with Gasteiger partial charge in [0.05, 0.1) is 6.61 Å². The molecule has 146 valence electrons. The molecule has 0 radical (unpaired) electrons. The topological polar surface area (TPSA) is 88.6 Å². The van der Waals surface area contributed by atoms with Crippen LogP contribution in [0.5, 0.6) is 0 Å². The number of hydrogen-bond acceptors (Lipinski definition) is 6. The Bertz CT molecular complexity index is 743. The van der Waals surface area contributed by atoms with Gasteiger partial charge >= 0.3 is 5.69 Å². The number of rotatable bonds is 4. The van der Waals surface area contributed by atoms with Crippen LogP contribution in [0, 0.1) is 5.92 Å². The quantitative estimate of drug-likeness (QED) is 0.806. The van der Waals surface area contributed by atoms with Crippen LogP contribution < -0.4 is 11.4 Å². The molecule has 1 aromatic heterocycles. The zero-order valence-corrected chi connectivity index (χ0v) is 17.8. The van der Waals surface area contributed by atoms with Crippen molar-refractivity contribution >= 4 is 14.1 Å². The Labute approximate surface area is 156 Å². The van der Waals surface area contributed by atoms with Gasteiger partial charge in [0.2, 0.25) is 0 Å². The average molecular weight is 382 g/mol. The highest BCUT2D eigenvalue weighted by molar-refractivity contribution is 6.74. The van der Waals surface area contributed by atoms with Crippen molar-refractivity contribution in [2.24, 2.45) is 5.92 Å². The van der Waals surface area contributed by atoms with Crippen molar-refractivity contribution in [2.45, 2.75) is 76.8 Å². The van der Waals surface area contributed by atoms with Crippen LogP contribution in [0.2, 0.25) is 18.1 Å². The molecule has 0 amide bonds. The molecule has 1 aromatic rings. The standard InChI is InChI=1S/C18H31N3O4Si/c1-11(2)18-10-23-13(14(18)25-26(6,7)17(3,4)5)15(24-18)21-9-8-12(19)20-16(21)22/h8-9,11,13-15H,10H2,1-7H3,(H2,19,20,22)/t13-,14+,15-,18-/m1/s1. The summed E-state index contributed by atoms with van der Waals surface area (Å²) in [4.78, 5) is 16.2. The molecular formula is C18H31N3O4Si. The lowest BCUT2D eigenvalue weighted by Crippen LogP contribution is -2.53. The van der Waals surface area contributed by atoms with Crippen molar-refractivity contribution in [1.82, 2.24) is 9.55 Å². The Morgan fingerprint density at radius 1 is 1.42 bits per heavy atom. The van der Waals surface area contributed by atoms with Crippen molar-refractivity contribution in [3.05, 3.63) is 22.7 Å². The second-order valence-electron chi connectivity index (χ2n) is 9.23. The Balaban J connectivity index is 1.99. The summed E-state index contributed by atoms with van der Waals surface area (Å²) in [5.41, 5.74) is 4.62. The van der Waals surface area contributed by atoms with Gasteiger partial charge < -0.3 is 19.6 Å². The van der Waals surface area contributed by atoms with Crippen LogP contribution >= 0.6 is 0 Å². The molecule has 2 saturated heterocycles. The first-order valence-corrected chi connectivity index (χ1v) is 12.1. The van der Waals surface area contributed by atoms with Crippen molar-refractivity contribution in [2.75, 3.05) is 12.3 Å². The molecule has 0 spiro atoms. The summed E-state index contributed by atoms with van der Waals surface area (Å²) in [6, 6.07) is 1.60. The summed E-state index contributed by atoms with van der Waals surface area (Å²) < 4.78 is 20.8. The van der Waals surface area contributed by atoms with Crippen molar-refractivity contribution in [3.63, 3.8) is 0 Å². The third kappa shape index (κ3) is 2.92. The summed E-state index contributed by atoms with van der Waals surface area (Å²) >= 11 is 0. The van der Waals surface area contributed by atoms with E-state index in [1.54, 1.807) is 12.3 Å². The van der Waals surface area contributed by atoms with Gasteiger partial charge in [0.25, 0.3) is 0 Å². The minimum absolute atomic E-state index is 0.0717. The minimum atomic E-state index is -2.04. The molecule has 2 N–H and O–H groups in total. The van der Waals surface area contributed by atoms with Gasteiger partial charge in [-0.05, 0) is 30.1 Å². The van der Waals surface area contributed by atoms with Crippen LogP contribution in [-0.2, 0) is 13.9 Å². The minimum Gasteiger partial charge on any atom is -0.408 e. The van der Waals surface area contributed by atoms with Crippen molar-refractivity contribution in [1.29, 1.82) is 0 Å². The molecule has 2 aliphatic heterocycles. The highest BCUT2D eigenvalue weighted by Gasteiger charge is 2.65. The second-order valence-corrected chi connectivity index (χ2v) is 14.0. The van der Waals surface area contributed by atoms with Crippen LogP contribution in [0.25, 0.3) is 0 Å². The normalized spacial score (nSPS) is 31.8. The second kappa shape index (κ2) is 6.15. The monoisotopic (exact) mass is 381 g/mol. The molecule has 2 bridgehead atoms. The Morgan fingerprint density at radius 3 is 2.62 bits per heavy atom. The van der Waals surface area contributed by atoms with Gasteiger partial charge in [-0.1, -0.05) is 34.6 Å². The van der Waals surface area contributed by atoms with E-state index in [2.05, 4.69) is 52.7 Å². The summed E-state index contributed by atoms with van der Waals surface area (Å²) in [6.45, 7) is 15.8. The number of anilines is 1. The highest BCUT2D eigenvalue weighted by atomic mass is 28.4. The van der Waals surface area contributed by atoms with Crippen LogP contribution in [-0.4, -0.2) is 42.3 Å². The van der Waals surface area contributed by atoms with E-state index in [9.17, 15) is 4.79 Å². The zero-order chi connectivity index (χ0) is 19.5. The number of nitrogen functional groups attached to an aromatic ring is 1. The first-order valence-electron chi connectivity index (χ1n) is 9.21. The zero-order valence-electron chi connectivity index (χ0n) is 16.8. The average Bonchev–Trinajstić information content (AvgIpc) is 2.99. The molecule has 3 rings (SSSR count). The van der Waals surface area contributed by atoms with Crippen LogP contribution in [0.1, 0.15) is 40.8 Å². The smallest absolute Gasteiger partial charge is 0.351 e. The number of nitrogens with zero attached hydrogens (tertiary/aromatic N) is 2. The van der Waals surface area contributed by atoms with Gasteiger partial charge in [-0.25, -0.2) is 4.79 Å². The van der Waals surface area contributed by atoms with E-state index in [4.69, 9.17) is 19.6 Å². The lowest BCUT2D eigenvalue weighted by molar-refractivity contribution is -0.190. The summed E-state index contributed by atoms with van der Waals surface area (Å²) in [5.74, 6) is 0.382. The van der Waals surface area contributed by atoms with Gasteiger partial charge in [0.1, 0.15) is 23.6 Å². The van der Waals surface area contributed by atoms with Gasteiger partial charge in [-0.2, -0.15) is 4.98 Å². The first-order chi connectivity index (χ1) is 11.9. The van der Waals surface area contributed by atoms with E-state index >= 15 is 0 Å². The molecule has 26 heavy (non-hydrogen) atoms. The number of hydrogen-bond donors (Lipinski definition) is 1. The Kier molecular flexibility index (Phi) is 4.62. The number of aromatic nitrogens is 2. The predicted molar refractivity (Wildman–Crippen MR) is 102 cm³/mol. The number of ether oxygens (including phenoxy) is 2. The maximum absolute atomic E-state index is 12.3. The largest absolute Gasteiger partial charge is 0.408 e. The molecule has 0 saturated carbocycles. The van der Waals surface area contributed by atoms with E-state index in [1.807, 2.05) is 0 Å². The molecule has 4 atom stereocenters. The molecule has 2 aliphatic rings. The highest BCUT2D eigenvalue weighted by Crippen LogP contribution is 2.52. The molecule has 2 fully saturated rings. The van der Waals surface area contributed by atoms with Crippen molar-refractivity contribution < 1.29 is 13.9 Å².